The number of anilines is 1. The van der Waals surface area contributed by atoms with Crippen LogP contribution < -0.4 is 10.1 Å². The molecule has 0 fully saturated rings. The molecule has 0 radical (unpaired) electrons. The topological polar surface area (TPSA) is 64.4 Å². The van der Waals surface area contributed by atoms with Crippen molar-refractivity contribution in [3.05, 3.63) is 97.5 Å². The third-order valence-corrected chi connectivity index (χ3v) is 5.16. The Balaban J connectivity index is 1.58. The first kappa shape index (κ1) is 19.9. The van der Waals surface area contributed by atoms with Crippen LogP contribution in [-0.2, 0) is 13.2 Å². The van der Waals surface area contributed by atoms with Crippen molar-refractivity contribution >= 4 is 27.3 Å². The third-order valence-electron chi connectivity index (χ3n) is 4.54. The van der Waals surface area contributed by atoms with Crippen LogP contribution in [0.2, 0.25) is 0 Å². The number of nitro benzene ring substituents is 1. The van der Waals surface area contributed by atoms with E-state index in [1.807, 2.05) is 18.2 Å². The summed E-state index contributed by atoms with van der Waals surface area (Å²) in [6.45, 7) is 5.26. The van der Waals surface area contributed by atoms with Gasteiger partial charge in [0.1, 0.15) is 12.4 Å². The van der Waals surface area contributed by atoms with E-state index in [4.69, 9.17) is 4.74 Å². The molecule has 0 unspecified atom stereocenters. The third kappa shape index (κ3) is 5.10. The molecule has 0 aliphatic rings. The van der Waals surface area contributed by atoms with E-state index in [-0.39, 0.29) is 5.69 Å². The minimum atomic E-state index is -0.411. The first-order chi connectivity index (χ1) is 13.4. The molecule has 0 aliphatic heterocycles. The lowest BCUT2D eigenvalue weighted by atomic mass is 10.1. The van der Waals surface area contributed by atoms with E-state index in [0.717, 1.165) is 27.0 Å². The first-order valence-electron chi connectivity index (χ1n) is 8.88. The van der Waals surface area contributed by atoms with Crippen LogP contribution in [0.3, 0.4) is 0 Å². The smallest absolute Gasteiger partial charge is 0.269 e. The predicted octanol–water partition coefficient (Wildman–Crippen LogP) is 6.17. The van der Waals surface area contributed by atoms with Crippen molar-refractivity contribution in [1.82, 2.24) is 0 Å². The number of aryl methyl sites for hydroxylation is 2. The zero-order valence-electron chi connectivity index (χ0n) is 15.7. The largest absolute Gasteiger partial charge is 0.488 e. The average Bonchev–Trinajstić information content (AvgIpc) is 2.68. The molecule has 3 rings (SSSR count). The maximum atomic E-state index is 10.7. The van der Waals surface area contributed by atoms with Gasteiger partial charge in [0.25, 0.3) is 5.69 Å². The summed E-state index contributed by atoms with van der Waals surface area (Å²) in [4.78, 5) is 10.3. The van der Waals surface area contributed by atoms with Crippen molar-refractivity contribution in [1.29, 1.82) is 0 Å². The average molecular weight is 441 g/mol. The first-order valence-corrected chi connectivity index (χ1v) is 9.67. The predicted molar refractivity (Wildman–Crippen MR) is 115 cm³/mol. The van der Waals surface area contributed by atoms with Gasteiger partial charge < -0.3 is 10.1 Å². The van der Waals surface area contributed by atoms with E-state index in [2.05, 4.69) is 53.3 Å². The summed E-state index contributed by atoms with van der Waals surface area (Å²) in [6.07, 6.45) is 0. The van der Waals surface area contributed by atoms with E-state index in [1.165, 1.54) is 23.3 Å². The molecule has 6 heteroatoms. The molecule has 3 aromatic carbocycles. The highest BCUT2D eigenvalue weighted by Crippen LogP contribution is 2.27. The summed E-state index contributed by atoms with van der Waals surface area (Å²) in [5.41, 5.74) is 5.72. The summed E-state index contributed by atoms with van der Waals surface area (Å²) >= 11 is 3.56. The molecule has 0 atom stereocenters. The van der Waals surface area contributed by atoms with Crippen molar-refractivity contribution in [2.45, 2.75) is 27.0 Å². The second-order valence-electron chi connectivity index (χ2n) is 6.63. The summed E-state index contributed by atoms with van der Waals surface area (Å²) < 4.78 is 6.70. The minimum Gasteiger partial charge on any atom is -0.488 e. The molecule has 0 heterocycles. The number of ether oxygens (including phenoxy) is 1. The van der Waals surface area contributed by atoms with Crippen LogP contribution in [0.15, 0.2) is 65.1 Å². The number of non-ortho nitro benzene ring substituents is 1. The molecule has 0 aromatic heterocycles. The number of rotatable bonds is 7. The van der Waals surface area contributed by atoms with Crippen molar-refractivity contribution in [2.75, 3.05) is 5.32 Å². The van der Waals surface area contributed by atoms with Gasteiger partial charge in [-0.1, -0.05) is 12.1 Å². The zero-order valence-corrected chi connectivity index (χ0v) is 17.3. The fourth-order valence-electron chi connectivity index (χ4n) is 2.70. The Hall–Kier alpha value is -2.86. The molecule has 0 aliphatic carbocycles. The van der Waals surface area contributed by atoms with E-state index < -0.39 is 4.92 Å². The van der Waals surface area contributed by atoms with Gasteiger partial charge in [0, 0.05) is 24.4 Å². The Labute approximate surface area is 172 Å². The molecule has 0 saturated heterocycles. The molecule has 1 N–H and O–H groups in total. The second-order valence-corrected chi connectivity index (χ2v) is 7.48. The molecule has 3 aromatic rings. The lowest BCUT2D eigenvalue weighted by Crippen LogP contribution is -2.01. The Morgan fingerprint density at radius 1 is 0.964 bits per heavy atom. The monoisotopic (exact) mass is 440 g/mol. The fourth-order valence-corrected chi connectivity index (χ4v) is 3.24. The van der Waals surface area contributed by atoms with Crippen LogP contribution >= 0.6 is 15.9 Å². The lowest BCUT2D eigenvalue weighted by molar-refractivity contribution is -0.384. The molecule has 144 valence electrons. The van der Waals surface area contributed by atoms with Gasteiger partial charge in [0.15, 0.2) is 0 Å². The van der Waals surface area contributed by atoms with E-state index in [0.29, 0.717) is 13.2 Å². The van der Waals surface area contributed by atoms with E-state index in [9.17, 15) is 10.1 Å². The maximum Gasteiger partial charge on any atom is 0.269 e. The number of halogens is 1. The lowest BCUT2D eigenvalue weighted by Gasteiger charge is -2.12. The van der Waals surface area contributed by atoms with Crippen LogP contribution in [0, 0.1) is 24.0 Å². The van der Waals surface area contributed by atoms with Gasteiger partial charge in [0.2, 0.25) is 0 Å². The standard InChI is InChI=1S/C22H21BrN2O3/c1-15-3-7-19(11-16(15)2)24-13-18-6-10-22(21(23)12-18)28-14-17-4-8-20(9-5-17)25(26)27/h3-12,24H,13-14H2,1-2H3. The van der Waals surface area contributed by atoms with E-state index in [1.54, 1.807) is 12.1 Å². The van der Waals surface area contributed by atoms with Crippen LogP contribution in [0.4, 0.5) is 11.4 Å². The molecule has 0 amide bonds. The summed E-state index contributed by atoms with van der Waals surface area (Å²) in [5, 5.41) is 14.1. The zero-order chi connectivity index (χ0) is 20.1. The van der Waals surface area contributed by atoms with Crippen molar-refractivity contribution < 1.29 is 9.66 Å². The summed E-state index contributed by atoms with van der Waals surface area (Å²) in [7, 11) is 0. The van der Waals surface area contributed by atoms with Crippen LogP contribution in [0.1, 0.15) is 22.3 Å². The van der Waals surface area contributed by atoms with Gasteiger partial charge in [-0.3, -0.25) is 10.1 Å². The van der Waals surface area contributed by atoms with Crippen molar-refractivity contribution in [3.63, 3.8) is 0 Å². The Kier molecular flexibility index (Phi) is 6.31. The van der Waals surface area contributed by atoms with Gasteiger partial charge in [-0.15, -0.1) is 0 Å². The van der Waals surface area contributed by atoms with Gasteiger partial charge >= 0.3 is 0 Å². The number of nitrogens with zero attached hydrogens (tertiary/aromatic N) is 1. The number of hydrogen-bond donors (Lipinski definition) is 1. The highest BCUT2D eigenvalue weighted by molar-refractivity contribution is 9.10. The van der Waals surface area contributed by atoms with Crippen molar-refractivity contribution in [3.8, 4) is 5.75 Å². The number of nitro groups is 1. The minimum absolute atomic E-state index is 0.0746. The highest BCUT2D eigenvalue weighted by Gasteiger charge is 2.07. The normalized spacial score (nSPS) is 10.5. The van der Waals surface area contributed by atoms with Gasteiger partial charge in [0.05, 0.1) is 9.40 Å². The van der Waals surface area contributed by atoms with Gasteiger partial charge in [-0.2, -0.15) is 0 Å². The molecular formula is C22H21BrN2O3. The van der Waals surface area contributed by atoms with Gasteiger partial charge in [-0.05, 0) is 88.4 Å². The maximum absolute atomic E-state index is 10.7. The fraction of sp³-hybridized carbons (Fsp3) is 0.182. The molecule has 0 saturated carbocycles. The van der Waals surface area contributed by atoms with Crippen LogP contribution in [0.5, 0.6) is 5.75 Å². The molecule has 5 nitrogen and oxygen atoms in total. The summed E-state index contributed by atoms with van der Waals surface area (Å²) in [6, 6.07) is 18.7. The Bertz CT molecular complexity index is 988. The number of hydrogen-bond acceptors (Lipinski definition) is 4. The molecular weight excluding hydrogens is 420 g/mol. The number of nitrogens with one attached hydrogen (secondary N) is 1. The quantitative estimate of drug-likeness (QED) is 0.352. The molecule has 0 spiro atoms. The Morgan fingerprint density at radius 2 is 1.68 bits per heavy atom. The van der Waals surface area contributed by atoms with Crippen LogP contribution in [0.25, 0.3) is 0 Å². The SMILES string of the molecule is Cc1ccc(NCc2ccc(OCc3ccc([N+](=O)[O-])cc3)c(Br)c2)cc1C. The van der Waals surface area contributed by atoms with Crippen LogP contribution in [-0.4, -0.2) is 4.92 Å². The van der Waals surface area contributed by atoms with Crippen molar-refractivity contribution in [2.24, 2.45) is 0 Å². The number of benzene rings is 3. The second kappa shape index (κ2) is 8.89. The Morgan fingerprint density at radius 3 is 2.32 bits per heavy atom. The van der Waals surface area contributed by atoms with Gasteiger partial charge in [-0.25, -0.2) is 0 Å². The highest BCUT2D eigenvalue weighted by atomic mass is 79.9. The molecule has 28 heavy (non-hydrogen) atoms. The van der Waals surface area contributed by atoms with E-state index >= 15 is 0 Å². The molecule has 0 bridgehead atoms. The summed E-state index contributed by atoms with van der Waals surface area (Å²) in [5.74, 6) is 0.730.